The molecule has 5 heteroatoms. The Bertz CT molecular complexity index is 266. The largest absolute Gasteiger partial charge is 0.385 e. The van der Waals surface area contributed by atoms with Crippen LogP contribution in [0.4, 0.5) is 5.13 Å². The topological polar surface area (TPSA) is 43.4 Å². The van der Waals surface area contributed by atoms with E-state index in [1.54, 1.807) is 18.4 Å². The summed E-state index contributed by atoms with van der Waals surface area (Å²) in [5.41, 5.74) is 0. The zero-order valence-corrected chi connectivity index (χ0v) is 10.1. The molecule has 1 heterocycles. The summed E-state index contributed by atoms with van der Waals surface area (Å²) in [6, 6.07) is 0. The molecule has 15 heavy (non-hydrogen) atoms. The first-order chi connectivity index (χ1) is 7.36. The van der Waals surface area contributed by atoms with E-state index < -0.39 is 0 Å². The van der Waals surface area contributed by atoms with Crippen molar-refractivity contribution in [2.75, 3.05) is 32.2 Å². The van der Waals surface area contributed by atoms with Crippen molar-refractivity contribution in [2.24, 2.45) is 0 Å². The molecule has 0 aliphatic heterocycles. The zero-order chi connectivity index (χ0) is 10.9. The van der Waals surface area contributed by atoms with Crippen LogP contribution in [-0.4, -0.2) is 31.9 Å². The molecule has 0 amide bonds. The number of rotatable bonds is 8. The van der Waals surface area contributed by atoms with Crippen LogP contribution < -0.4 is 5.32 Å². The van der Waals surface area contributed by atoms with Gasteiger partial charge in [0.25, 0.3) is 0 Å². The van der Waals surface area contributed by atoms with Crippen LogP contribution in [0.1, 0.15) is 18.2 Å². The quantitative estimate of drug-likeness (QED) is 0.695. The van der Waals surface area contributed by atoms with Crippen molar-refractivity contribution in [1.82, 2.24) is 4.98 Å². The van der Waals surface area contributed by atoms with Crippen LogP contribution in [0.25, 0.3) is 0 Å². The minimum absolute atomic E-state index is 0.646. The maximum Gasteiger partial charge on any atom is 0.182 e. The number of aromatic nitrogens is 1. The van der Waals surface area contributed by atoms with Crippen molar-refractivity contribution in [3.8, 4) is 0 Å². The molecule has 0 fully saturated rings. The number of nitrogens with zero attached hydrogens (tertiary/aromatic N) is 1. The Kier molecular flexibility index (Phi) is 6.31. The lowest BCUT2D eigenvalue weighted by Gasteiger charge is -2.00. The Hall–Kier alpha value is -0.650. The monoisotopic (exact) mass is 230 g/mol. The van der Waals surface area contributed by atoms with Crippen LogP contribution in [0, 0.1) is 0 Å². The fraction of sp³-hybridized carbons (Fsp3) is 0.700. The number of methoxy groups -OCH3 is 1. The second-order valence-corrected chi connectivity index (χ2v) is 4.18. The van der Waals surface area contributed by atoms with Gasteiger partial charge in [-0.15, -0.1) is 0 Å². The average Bonchev–Trinajstić information content (AvgIpc) is 2.66. The summed E-state index contributed by atoms with van der Waals surface area (Å²) < 4.78 is 10.4. The molecule has 1 N–H and O–H groups in total. The third kappa shape index (κ3) is 5.11. The van der Waals surface area contributed by atoms with Crippen LogP contribution in [-0.2, 0) is 16.1 Å². The van der Waals surface area contributed by atoms with Gasteiger partial charge in [0.05, 0.1) is 11.5 Å². The molecule has 0 unspecified atom stereocenters. The fourth-order valence-electron chi connectivity index (χ4n) is 1.09. The first-order valence-electron chi connectivity index (χ1n) is 5.12. The molecule has 1 aromatic heterocycles. The smallest absolute Gasteiger partial charge is 0.182 e. The van der Waals surface area contributed by atoms with Gasteiger partial charge >= 0.3 is 0 Å². The van der Waals surface area contributed by atoms with E-state index in [0.717, 1.165) is 36.2 Å². The second kappa shape index (κ2) is 7.62. The summed E-state index contributed by atoms with van der Waals surface area (Å²) >= 11 is 1.64. The van der Waals surface area contributed by atoms with Gasteiger partial charge in [-0.05, 0) is 13.3 Å². The lowest BCUT2D eigenvalue weighted by molar-refractivity contribution is 0.0942. The molecule has 0 spiro atoms. The van der Waals surface area contributed by atoms with Gasteiger partial charge in [-0.1, -0.05) is 11.3 Å². The van der Waals surface area contributed by atoms with Crippen molar-refractivity contribution in [3.63, 3.8) is 0 Å². The van der Waals surface area contributed by atoms with Crippen molar-refractivity contribution < 1.29 is 9.47 Å². The Balaban J connectivity index is 2.14. The number of thiazole rings is 1. The minimum atomic E-state index is 0.646. The lowest BCUT2D eigenvalue weighted by Crippen LogP contribution is -1.98. The molecule has 1 rings (SSSR count). The number of anilines is 1. The average molecular weight is 230 g/mol. The Morgan fingerprint density at radius 3 is 3.07 bits per heavy atom. The van der Waals surface area contributed by atoms with Crippen LogP contribution in [0.3, 0.4) is 0 Å². The Morgan fingerprint density at radius 1 is 1.47 bits per heavy atom. The number of nitrogens with one attached hydrogen (secondary N) is 1. The summed E-state index contributed by atoms with van der Waals surface area (Å²) in [7, 11) is 1.70. The third-order valence-electron chi connectivity index (χ3n) is 1.76. The van der Waals surface area contributed by atoms with E-state index in [-0.39, 0.29) is 0 Å². The van der Waals surface area contributed by atoms with Crippen molar-refractivity contribution in [1.29, 1.82) is 0 Å². The van der Waals surface area contributed by atoms with Crippen molar-refractivity contribution >= 4 is 16.5 Å². The minimum Gasteiger partial charge on any atom is -0.385 e. The van der Waals surface area contributed by atoms with E-state index in [4.69, 9.17) is 9.47 Å². The molecule has 0 aliphatic carbocycles. The predicted octanol–water partition coefficient (Wildman–Crippen LogP) is 2.13. The summed E-state index contributed by atoms with van der Waals surface area (Å²) in [6.07, 6.45) is 2.80. The number of hydrogen-bond donors (Lipinski definition) is 1. The van der Waals surface area contributed by atoms with E-state index in [2.05, 4.69) is 17.2 Å². The van der Waals surface area contributed by atoms with Crippen molar-refractivity contribution in [3.05, 3.63) is 11.1 Å². The van der Waals surface area contributed by atoms with Crippen molar-refractivity contribution in [2.45, 2.75) is 20.0 Å². The number of hydrogen-bond acceptors (Lipinski definition) is 5. The standard InChI is InChI=1S/C10H18N2O2S/c1-3-11-10-12-7-9(15-10)8-14-6-4-5-13-2/h7H,3-6,8H2,1-2H3,(H,11,12). The molecule has 0 saturated heterocycles. The third-order valence-corrected chi connectivity index (χ3v) is 2.69. The lowest BCUT2D eigenvalue weighted by atomic mass is 10.5. The zero-order valence-electron chi connectivity index (χ0n) is 9.28. The van der Waals surface area contributed by atoms with E-state index in [0.29, 0.717) is 6.61 Å². The SMILES string of the molecule is CCNc1ncc(COCCCOC)s1. The van der Waals surface area contributed by atoms with Crippen LogP contribution in [0.15, 0.2) is 6.20 Å². The van der Waals surface area contributed by atoms with E-state index in [9.17, 15) is 0 Å². The molecule has 0 atom stereocenters. The highest BCUT2D eigenvalue weighted by Gasteiger charge is 2.00. The van der Waals surface area contributed by atoms with Gasteiger partial charge in [0, 0.05) is 33.1 Å². The molecule has 0 bridgehead atoms. The first kappa shape index (κ1) is 12.4. The number of ether oxygens (including phenoxy) is 2. The van der Waals surface area contributed by atoms with Gasteiger partial charge in [0.1, 0.15) is 0 Å². The van der Waals surface area contributed by atoms with E-state index in [1.807, 2.05) is 6.20 Å². The van der Waals surface area contributed by atoms with Gasteiger partial charge < -0.3 is 14.8 Å². The molecule has 0 aliphatic rings. The maximum atomic E-state index is 5.48. The maximum absolute atomic E-state index is 5.48. The normalized spacial score (nSPS) is 10.5. The van der Waals surface area contributed by atoms with Crippen LogP contribution in [0.5, 0.6) is 0 Å². The van der Waals surface area contributed by atoms with Crippen LogP contribution >= 0.6 is 11.3 Å². The Labute approximate surface area is 94.6 Å². The second-order valence-electron chi connectivity index (χ2n) is 3.06. The summed E-state index contributed by atoms with van der Waals surface area (Å²) in [5.74, 6) is 0. The highest BCUT2D eigenvalue weighted by atomic mass is 32.1. The highest BCUT2D eigenvalue weighted by molar-refractivity contribution is 7.15. The highest BCUT2D eigenvalue weighted by Crippen LogP contribution is 2.18. The molecule has 0 radical (unpaired) electrons. The molecular formula is C10H18N2O2S. The predicted molar refractivity (Wildman–Crippen MR) is 62.4 cm³/mol. The van der Waals surface area contributed by atoms with Gasteiger partial charge in [-0.2, -0.15) is 0 Å². The molecule has 86 valence electrons. The summed E-state index contributed by atoms with van der Waals surface area (Å²) in [6.45, 7) is 5.10. The molecule has 4 nitrogen and oxygen atoms in total. The van der Waals surface area contributed by atoms with Crippen LogP contribution in [0.2, 0.25) is 0 Å². The first-order valence-corrected chi connectivity index (χ1v) is 5.93. The van der Waals surface area contributed by atoms with Gasteiger partial charge in [0.15, 0.2) is 5.13 Å². The molecule has 1 aromatic rings. The molecule has 0 saturated carbocycles. The fourth-order valence-corrected chi connectivity index (χ4v) is 1.90. The molecular weight excluding hydrogens is 212 g/mol. The molecule has 0 aromatic carbocycles. The van der Waals surface area contributed by atoms with E-state index in [1.165, 1.54) is 0 Å². The van der Waals surface area contributed by atoms with Gasteiger partial charge in [-0.3, -0.25) is 0 Å². The summed E-state index contributed by atoms with van der Waals surface area (Å²) in [5, 5.41) is 4.14. The van der Waals surface area contributed by atoms with Gasteiger partial charge in [-0.25, -0.2) is 4.98 Å². The van der Waals surface area contributed by atoms with E-state index >= 15 is 0 Å². The Morgan fingerprint density at radius 2 is 2.33 bits per heavy atom. The van der Waals surface area contributed by atoms with Gasteiger partial charge in [0.2, 0.25) is 0 Å². The summed E-state index contributed by atoms with van der Waals surface area (Å²) in [4.78, 5) is 5.38.